The third kappa shape index (κ3) is 17.0. The van der Waals surface area contributed by atoms with Crippen molar-refractivity contribution in [3.05, 3.63) is 0 Å². The fourth-order valence-corrected chi connectivity index (χ4v) is 1.33. The predicted molar refractivity (Wildman–Crippen MR) is 69.4 cm³/mol. The van der Waals surface area contributed by atoms with Crippen molar-refractivity contribution in [3.63, 3.8) is 0 Å². The van der Waals surface area contributed by atoms with Crippen LogP contribution in [-0.2, 0) is 14.3 Å². The molecule has 17 heavy (non-hydrogen) atoms. The van der Waals surface area contributed by atoms with Gasteiger partial charge >= 0.3 is 57.4 Å². The van der Waals surface area contributed by atoms with Gasteiger partial charge < -0.3 is 14.6 Å². The molecule has 5 heteroatoms. The van der Waals surface area contributed by atoms with Gasteiger partial charge in [0, 0.05) is 6.42 Å². The summed E-state index contributed by atoms with van der Waals surface area (Å²) in [5.41, 5.74) is 0. The van der Waals surface area contributed by atoms with Crippen LogP contribution in [0.2, 0.25) is 0 Å². The van der Waals surface area contributed by atoms with Crippen LogP contribution in [0.25, 0.3) is 0 Å². The standard InChI is InChI=1S/C12H24O4.K.H/c1-2-3-4-5-6-7-12(14)16-11-10-15-9-8-13;;/h13H,2-11H2,1H3;;. The van der Waals surface area contributed by atoms with Crippen molar-refractivity contribution in [2.24, 2.45) is 0 Å². The summed E-state index contributed by atoms with van der Waals surface area (Å²) in [4.78, 5) is 11.2. The Balaban J connectivity index is 0. The molecule has 4 nitrogen and oxygen atoms in total. The minimum atomic E-state index is -0.149. The summed E-state index contributed by atoms with van der Waals surface area (Å²) in [5.74, 6) is -0.149. The van der Waals surface area contributed by atoms with Crippen molar-refractivity contribution in [3.8, 4) is 0 Å². The van der Waals surface area contributed by atoms with Gasteiger partial charge in [0.05, 0.1) is 19.8 Å². The number of esters is 1. The molecule has 0 bridgehead atoms. The number of hydrogen-bond donors (Lipinski definition) is 1. The first-order valence-corrected chi connectivity index (χ1v) is 6.15. The first kappa shape index (κ1) is 20.3. The van der Waals surface area contributed by atoms with Gasteiger partial charge in [-0.2, -0.15) is 0 Å². The average molecular weight is 272 g/mol. The molecule has 0 aliphatic carbocycles. The molecular formula is C12H25KO4. The Morgan fingerprint density at radius 1 is 1.06 bits per heavy atom. The van der Waals surface area contributed by atoms with E-state index < -0.39 is 0 Å². The second-order valence-corrected chi connectivity index (χ2v) is 3.72. The summed E-state index contributed by atoms with van der Waals surface area (Å²) in [6, 6.07) is 0. The van der Waals surface area contributed by atoms with Crippen molar-refractivity contribution in [1.82, 2.24) is 0 Å². The summed E-state index contributed by atoms with van der Waals surface area (Å²) in [6.45, 7) is 3.12. The maximum absolute atomic E-state index is 11.2. The summed E-state index contributed by atoms with van der Waals surface area (Å²) in [7, 11) is 0. The number of aliphatic hydroxyl groups excluding tert-OH is 1. The van der Waals surface area contributed by atoms with E-state index in [1.807, 2.05) is 0 Å². The second kappa shape index (κ2) is 17.0. The number of aliphatic hydroxyl groups is 1. The van der Waals surface area contributed by atoms with E-state index in [0.29, 0.717) is 19.6 Å². The molecule has 0 amide bonds. The zero-order valence-electron chi connectivity index (χ0n) is 10.2. The van der Waals surface area contributed by atoms with Crippen LogP contribution >= 0.6 is 0 Å². The number of rotatable bonds is 11. The Kier molecular flexibility index (Phi) is 20.4. The van der Waals surface area contributed by atoms with E-state index in [1.165, 1.54) is 19.3 Å². The summed E-state index contributed by atoms with van der Waals surface area (Å²) >= 11 is 0. The topological polar surface area (TPSA) is 55.8 Å². The molecule has 0 aromatic carbocycles. The monoisotopic (exact) mass is 272 g/mol. The van der Waals surface area contributed by atoms with Crippen LogP contribution in [0, 0.1) is 0 Å². The van der Waals surface area contributed by atoms with Crippen LogP contribution in [-0.4, -0.2) is 88.9 Å². The Morgan fingerprint density at radius 3 is 2.41 bits per heavy atom. The van der Waals surface area contributed by atoms with Crippen LogP contribution in [0.1, 0.15) is 45.4 Å². The van der Waals surface area contributed by atoms with E-state index in [2.05, 4.69) is 6.92 Å². The third-order valence-electron chi connectivity index (χ3n) is 2.21. The SMILES string of the molecule is CCCCCCCC(=O)OCCOCCO.[KH]. The van der Waals surface area contributed by atoms with Crippen LogP contribution in [0.3, 0.4) is 0 Å². The molecule has 0 saturated carbocycles. The zero-order valence-corrected chi connectivity index (χ0v) is 10.2. The second-order valence-electron chi connectivity index (χ2n) is 3.72. The molecule has 0 spiro atoms. The molecule has 1 N–H and O–H groups in total. The van der Waals surface area contributed by atoms with Crippen molar-refractivity contribution in [2.45, 2.75) is 45.4 Å². The summed E-state index contributed by atoms with van der Waals surface area (Å²) < 4.78 is 9.91. The maximum atomic E-state index is 11.2. The van der Waals surface area contributed by atoms with E-state index in [1.54, 1.807) is 0 Å². The van der Waals surface area contributed by atoms with Crippen molar-refractivity contribution in [2.75, 3.05) is 26.4 Å². The number of carbonyl (C=O) groups is 1. The molecule has 0 aromatic rings. The Bertz CT molecular complexity index is 149. The van der Waals surface area contributed by atoms with Gasteiger partial charge in [-0.05, 0) is 6.42 Å². The molecule has 0 radical (unpaired) electrons. The van der Waals surface area contributed by atoms with Crippen LogP contribution in [0.15, 0.2) is 0 Å². The number of ether oxygens (including phenoxy) is 2. The van der Waals surface area contributed by atoms with Gasteiger partial charge in [0.1, 0.15) is 6.61 Å². The molecule has 0 aromatic heterocycles. The molecule has 0 atom stereocenters. The Labute approximate surface area is 147 Å². The normalized spacial score (nSPS) is 9.76. The molecule has 0 aliphatic rings. The first-order chi connectivity index (χ1) is 7.81. The summed E-state index contributed by atoms with van der Waals surface area (Å²) in [6.07, 6.45) is 6.17. The van der Waals surface area contributed by atoms with Gasteiger partial charge in [-0.1, -0.05) is 32.6 Å². The van der Waals surface area contributed by atoms with Crippen LogP contribution in [0.4, 0.5) is 0 Å². The Hall–Kier alpha value is 1.03. The molecule has 0 unspecified atom stereocenters. The number of carbonyl (C=O) groups excluding carboxylic acids is 1. The van der Waals surface area contributed by atoms with E-state index in [4.69, 9.17) is 14.6 Å². The first-order valence-electron chi connectivity index (χ1n) is 6.15. The quantitative estimate of drug-likeness (QED) is 0.349. The van der Waals surface area contributed by atoms with E-state index in [0.717, 1.165) is 12.8 Å². The molecular weight excluding hydrogens is 247 g/mol. The molecule has 0 fully saturated rings. The van der Waals surface area contributed by atoms with Gasteiger partial charge in [-0.3, -0.25) is 4.79 Å². The van der Waals surface area contributed by atoms with Gasteiger partial charge in [-0.25, -0.2) is 0 Å². The fourth-order valence-electron chi connectivity index (χ4n) is 1.33. The third-order valence-corrected chi connectivity index (χ3v) is 2.21. The van der Waals surface area contributed by atoms with E-state index >= 15 is 0 Å². The van der Waals surface area contributed by atoms with E-state index in [-0.39, 0.29) is 70.6 Å². The average Bonchev–Trinajstić information content (AvgIpc) is 2.28. The predicted octanol–water partition coefficient (Wildman–Crippen LogP) is 1.25. The molecule has 0 heterocycles. The molecule has 98 valence electrons. The minimum absolute atomic E-state index is 0. The zero-order chi connectivity index (χ0) is 12.1. The van der Waals surface area contributed by atoms with Gasteiger partial charge in [-0.15, -0.1) is 0 Å². The van der Waals surface area contributed by atoms with E-state index in [9.17, 15) is 4.79 Å². The number of unbranched alkanes of at least 4 members (excludes halogenated alkanes) is 4. The molecule has 0 aliphatic heterocycles. The van der Waals surface area contributed by atoms with Crippen LogP contribution < -0.4 is 0 Å². The van der Waals surface area contributed by atoms with Crippen molar-refractivity contribution in [1.29, 1.82) is 0 Å². The summed E-state index contributed by atoms with van der Waals surface area (Å²) in [5, 5.41) is 8.43. The van der Waals surface area contributed by atoms with Gasteiger partial charge in [0.15, 0.2) is 0 Å². The Morgan fingerprint density at radius 2 is 1.76 bits per heavy atom. The fraction of sp³-hybridized carbons (Fsp3) is 0.917. The molecule has 0 rings (SSSR count). The van der Waals surface area contributed by atoms with Gasteiger partial charge in [0.25, 0.3) is 0 Å². The van der Waals surface area contributed by atoms with Crippen molar-refractivity contribution >= 4 is 57.4 Å². The van der Waals surface area contributed by atoms with Gasteiger partial charge in [0.2, 0.25) is 0 Å². The molecule has 0 saturated heterocycles. The number of hydrogen-bond acceptors (Lipinski definition) is 4. The van der Waals surface area contributed by atoms with Crippen molar-refractivity contribution < 1.29 is 19.4 Å². The van der Waals surface area contributed by atoms with Crippen LogP contribution in [0.5, 0.6) is 0 Å².